The van der Waals surface area contributed by atoms with E-state index >= 15 is 0 Å². The van der Waals surface area contributed by atoms with Crippen LogP contribution in [0, 0.1) is 6.92 Å². The summed E-state index contributed by atoms with van der Waals surface area (Å²) in [4.78, 5) is 32.0. The van der Waals surface area contributed by atoms with Gasteiger partial charge in [-0.2, -0.15) is 0 Å². The number of hydrogen-bond acceptors (Lipinski definition) is 3. The molecule has 0 spiro atoms. The second kappa shape index (κ2) is 6.67. The number of nitrogens with zero attached hydrogens (tertiary/aromatic N) is 2. The summed E-state index contributed by atoms with van der Waals surface area (Å²) in [7, 11) is 0. The molecule has 1 aromatic heterocycles. The number of aryl methyl sites for hydroxylation is 1. The van der Waals surface area contributed by atoms with Gasteiger partial charge in [0.2, 0.25) is 0 Å². The lowest BCUT2D eigenvalue weighted by Crippen LogP contribution is -2.49. The van der Waals surface area contributed by atoms with E-state index in [-0.39, 0.29) is 17.0 Å². The van der Waals surface area contributed by atoms with Gasteiger partial charge in [-0.05, 0) is 42.1 Å². The zero-order valence-electron chi connectivity index (χ0n) is 14.7. The van der Waals surface area contributed by atoms with Gasteiger partial charge in [0.25, 0.3) is 11.5 Å². The zero-order valence-corrected chi connectivity index (χ0v) is 14.7. The molecule has 3 aromatic rings. The van der Waals surface area contributed by atoms with Crippen molar-refractivity contribution in [2.24, 2.45) is 0 Å². The monoisotopic (exact) mass is 347 g/mol. The Bertz CT molecular complexity index is 1020. The number of nitrogens with one attached hydrogen (secondary N) is 1. The van der Waals surface area contributed by atoms with Crippen molar-refractivity contribution in [1.82, 2.24) is 9.88 Å². The van der Waals surface area contributed by atoms with Crippen molar-refractivity contribution in [1.29, 1.82) is 0 Å². The first kappa shape index (κ1) is 16.4. The molecule has 1 aliphatic heterocycles. The molecule has 0 aliphatic carbocycles. The number of anilines is 1. The summed E-state index contributed by atoms with van der Waals surface area (Å²) < 4.78 is 0. The van der Waals surface area contributed by atoms with Crippen LogP contribution < -0.4 is 10.5 Å². The molecular weight excluding hydrogens is 326 g/mol. The van der Waals surface area contributed by atoms with E-state index in [9.17, 15) is 9.59 Å². The van der Waals surface area contributed by atoms with Crippen LogP contribution in [0.2, 0.25) is 0 Å². The van der Waals surface area contributed by atoms with Gasteiger partial charge in [0.05, 0.1) is 0 Å². The molecule has 1 N–H and O–H groups in total. The summed E-state index contributed by atoms with van der Waals surface area (Å²) in [5.74, 6) is -0.194. The molecule has 1 amide bonds. The highest BCUT2D eigenvalue weighted by atomic mass is 16.2. The van der Waals surface area contributed by atoms with E-state index in [4.69, 9.17) is 0 Å². The molecule has 5 heteroatoms. The number of piperazine rings is 1. The molecule has 1 fully saturated rings. The zero-order chi connectivity index (χ0) is 18.1. The van der Waals surface area contributed by atoms with Crippen molar-refractivity contribution < 1.29 is 4.79 Å². The number of fused-ring (bicyclic) bond motifs is 1. The first-order valence-electron chi connectivity index (χ1n) is 8.85. The quantitative estimate of drug-likeness (QED) is 0.775. The minimum atomic E-state index is -0.324. The number of amides is 1. The molecule has 2 heterocycles. The van der Waals surface area contributed by atoms with E-state index in [0.29, 0.717) is 13.1 Å². The predicted octanol–water partition coefficient (Wildman–Crippen LogP) is 2.80. The highest BCUT2D eigenvalue weighted by molar-refractivity contribution is 5.97. The van der Waals surface area contributed by atoms with E-state index in [0.717, 1.165) is 24.0 Å². The molecule has 2 aromatic carbocycles. The van der Waals surface area contributed by atoms with E-state index in [1.165, 1.54) is 11.3 Å². The Hall–Kier alpha value is -3.08. The second-order valence-corrected chi connectivity index (χ2v) is 6.72. The average Bonchev–Trinajstić information content (AvgIpc) is 2.67. The molecule has 26 heavy (non-hydrogen) atoms. The number of pyridine rings is 1. The van der Waals surface area contributed by atoms with Crippen LogP contribution in [0.3, 0.4) is 0 Å². The lowest BCUT2D eigenvalue weighted by molar-refractivity contribution is 0.0745. The van der Waals surface area contributed by atoms with Crippen molar-refractivity contribution in [3.8, 4) is 0 Å². The predicted molar refractivity (Wildman–Crippen MR) is 104 cm³/mol. The van der Waals surface area contributed by atoms with Gasteiger partial charge >= 0.3 is 0 Å². The number of benzene rings is 2. The second-order valence-electron chi connectivity index (χ2n) is 6.72. The number of carbonyl (C=O) groups excluding carboxylic acids is 1. The molecule has 4 rings (SSSR count). The molecule has 5 nitrogen and oxygen atoms in total. The van der Waals surface area contributed by atoms with Gasteiger partial charge in [-0.25, -0.2) is 0 Å². The number of hydrogen-bond donors (Lipinski definition) is 1. The molecule has 0 radical (unpaired) electrons. The largest absolute Gasteiger partial charge is 0.368 e. The fourth-order valence-corrected chi connectivity index (χ4v) is 3.47. The molecule has 0 bridgehead atoms. The topological polar surface area (TPSA) is 56.4 Å². The normalized spacial score (nSPS) is 14.7. The summed E-state index contributed by atoms with van der Waals surface area (Å²) in [6.07, 6.45) is 0. The number of H-pyrrole nitrogens is 1. The van der Waals surface area contributed by atoms with E-state index in [2.05, 4.69) is 41.1 Å². The maximum absolute atomic E-state index is 12.8. The van der Waals surface area contributed by atoms with Crippen molar-refractivity contribution in [2.45, 2.75) is 6.92 Å². The number of rotatable bonds is 2. The third-order valence-corrected chi connectivity index (χ3v) is 4.92. The van der Waals surface area contributed by atoms with Gasteiger partial charge in [-0.1, -0.05) is 30.3 Å². The van der Waals surface area contributed by atoms with E-state index < -0.39 is 0 Å². The van der Waals surface area contributed by atoms with Gasteiger partial charge in [0.1, 0.15) is 5.56 Å². The number of carbonyl (C=O) groups is 1. The van der Waals surface area contributed by atoms with Crippen molar-refractivity contribution in [3.05, 3.63) is 76.1 Å². The highest BCUT2D eigenvalue weighted by Gasteiger charge is 2.24. The summed E-state index contributed by atoms with van der Waals surface area (Å²) in [6.45, 7) is 4.83. The molecular formula is C21H21N3O2. The Balaban J connectivity index is 1.52. The third kappa shape index (κ3) is 3.08. The highest BCUT2D eigenvalue weighted by Crippen LogP contribution is 2.19. The van der Waals surface area contributed by atoms with Crippen molar-refractivity contribution in [3.63, 3.8) is 0 Å². The van der Waals surface area contributed by atoms with Crippen molar-refractivity contribution in [2.75, 3.05) is 31.1 Å². The molecule has 132 valence electrons. The lowest BCUT2D eigenvalue weighted by atomic mass is 10.1. The maximum atomic E-state index is 12.8. The van der Waals surface area contributed by atoms with Crippen LogP contribution >= 0.6 is 0 Å². The number of aromatic amines is 1. The van der Waals surface area contributed by atoms with Gasteiger partial charge < -0.3 is 14.8 Å². The molecule has 0 saturated carbocycles. The third-order valence-electron chi connectivity index (χ3n) is 4.92. The molecule has 0 atom stereocenters. The molecule has 1 saturated heterocycles. The summed E-state index contributed by atoms with van der Waals surface area (Å²) in [5, 5.41) is 0.869. The Labute approximate surface area is 151 Å². The fraction of sp³-hybridized carbons (Fsp3) is 0.238. The smallest absolute Gasteiger partial charge is 0.261 e. The average molecular weight is 347 g/mol. The Morgan fingerprint density at radius 2 is 1.73 bits per heavy atom. The summed E-state index contributed by atoms with van der Waals surface area (Å²) in [5.41, 5.74) is 3.05. The van der Waals surface area contributed by atoms with Crippen LogP contribution in [-0.4, -0.2) is 42.0 Å². The van der Waals surface area contributed by atoms with Gasteiger partial charge in [-0.3, -0.25) is 9.59 Å². The van der Waals surface area contributed by atoms with Gasteiger partial charge in [0.15, 0.2) is 0 Å². The standard InChI is InChI=1S/C21H21N3O2/c1-15-5-4-7-17(13-15)23-9-11-24(12-10-23)21(26)18-14-16-6-2-3-8-19(16)22-20(18)25/h2-8,13-14H,9-12H2,1H3,(H,22,25). The minimum absolute atomic E-state index is 0.194. The number of para-hydroxylation sites is 1. The minimum Gasteiger partial charge on any atom is -0.368 e. The van der Waals surface area contributed by atoms with Crippen molar-refractivity contribution >= 4 is 22.5 Å². The number of aromatic nitrogens is 1. The van der Waals surface area contributed by atoms with E-state index in [1.807, 2.05) is 24.3 Å². The maximum Gasteiger partial charge on any atom is 0.261 e. The van der Waals surface area contributed by atoms with Crippen LogP contribution in [0.1, 0.15) is 15.9 Å². The summed E-state index contributed by atoms with van der Waals surface area (Å²) >= 11 is 0. The molecule has 1 aliphatic rings. The van der Waals surface area contributed by atoms with Crippen LogP contribution in [-0.2, 0) is 0 Å². The van der Waals surface area contributed by atoms with Crippen LogP contribution in [0.25, 0.3) is 10.9 Å². The first-order chi connectivity index (χ1) is 12.6. The van der Waals surface area contributed by atoms with Crippen LogP contribution in [0.15, 0.2) is 59.4 Å². The molecule has 0 unspecified atom stereocenters. The Morgan fingerprint density at radius 1 is 0.962 bits per heavy atom. The SMILES string of the molecule is Cc1cccc(N2CCN(C(=O)c3cc4ccccc4[nH]c3=O)CC2)c1. The first-order valence-corrected chi connectivity index (χ1v) is 8.85. The van der Waals surface area contributed by atoms with Gasteiger partial charge in [-0.15, -0.1) is 0 Å². The van der Waals surface area contributed by atoms with Gasteiger partial charge in [0, 0.05) is 37.4 Å². The Kier molecular flexibility index (Phi) is 4.21. The van der Waals surface area contributed by atoms with E-state index in [1.54, 1.807) is 11.0 Å². The lowest BCUT2D eigenvalue weighted by Gasteiger charge is -2.36. The van der Waals surface area contributed by atoms with Crippen LogP contribution in [0.5, 0.6) is 0 Å². The van der Waals surface area contributed by atoms with Crippen LogP contribution in [0.4, 0.5) is 5.69 Å². The Morgan fingerprint density at radius 3 is 2.50 bits per heavy atom. The summed E-state index contributed by atoms with van der Waals surface area (Å²) in [6, 6.07) is 17.6. The fourth-order valence-electron chi connectivity index (χ4n) is 3.47.